The van der Waals surface area contributed by atoms with Gasteiger partial charge >= 0.3 is 0 Å². The van der Waals surface area contributed by atoms with Gasteiger partial charge in [-0.2, -0.15) is 0 Å². The zero-order valence-corrected chi connectivity index (χ0v) is 19.1. The van der Waals surface area contributed by atoms with E-state index in [1.165, 1.54) is 12.0 Å². The average molecular weight is 463 g/mol. The number of hydrogen-bond donors (Lipinski definition) is 1. The predicted molar refractivity (Wildman–Crippen MR) is 128 cm³/mol. The van der Waals surface area contributed by atoms with Crippen LogP contribution in [0.2, 0.25) is 5.02 Å². The molecule has 7 heteroatoms. The third kappa shape index (κ3) is 4.56. The first-order chi connectivity index (χ1) is 16.0. The van der Waals surface area contributed by atoms with Crippen molar-refractivity contribution in [1.82, 2.24) is 4.90 Å². The van der Waals surface area contributed by atoms with E-state index in [2.05, 4.69) is 5.32 Å². The second-order valence-corrected chi connectivity index (χ2v) is 7.73. The van der Waals surface area contributed by atoms with Crippen LogP contribution in [0.4, 0.5) is 5.69 Å². The standard InChI is InChI=1S/C26H23ClN2O4/c1-3-33-19-11-8-10-18(15-19)28-24-23(20-12-5-7-14-22(20)32-2)25(30)29(26(24)31)16-17-9-4-6-13-21(17)27/h4-15,28H,3,16H2,1-2H3. The Kier molecular flexibility index (Phi) is 6.66. The molecule has 0 aromatic heterocycles. The van der Waals surface area contributed by atoms with E-state index >= 15 is 0 Å². The summed E-state index contributed by atoms with van der Waals surface area (Å²) in [6.07, 6.45) is 0. The van der Waals surface area contributed by atoms with Crippen LogP contribution < -0.4 is 14.8 Å². The number of hydrogen-bond acceptors (Lipinski definition) is 5. The zero-order valence-electron chi connectivity index (χ0n) is 18.3. The van der Waals surface area contributed by atoms with Gasteiger partial charge in [-0.15, -0.1) is 0 Å². The molecule has 1 aliphatic heterocycles. The Morgan fingerprint density at radius 2 is 1.70 bits per heavy atom. The molecule has 0 atom stereocenters. The summed E-state index contributed by atoms with van der Waals surface area (Å²) in [4.78, 5) is 28.2. The van der Waals surface area contributed by atoms with Gasteiger partial charge < -0.3 is 14.8 Å². The SMILES string of the molecule is CCOc1cccc(NC2=C(c3ccccc3OC)C(=O)N(Cc3ccccc3Cl)C2=O)c1. The number of imide groups is 1. The summed E-state index contributed by atoms with van der Waals surface area (Å²) in [6, 6.07) is 21.5. The Bertz CT molecular complexity index is 1240. The quantitative estimate of drug-likeness (QED) is 0.469. The second kappa shape index (κ2) is 9.79. The van der Waals surface area contributed by atoms with Crippen molar-refractivity contribution >= 4 is 34.7 Å². The normalized spacial score (nSPS) is 13.5. The van der Waals surface area contributed by atoms with Gasteiger partial charge in [0.05, 0.1) is 25.8 Å². The summed E-state index contributed by atoms with van der Waals surface area (Å²) >= 11 is 6.30. The van der Waals surface area contributed by atoms with Crippen LogP contribution in [0.15, 0.2) is 78.5 Å². The molecule has 2 amide bonds. The fraction of sp³-hybridized carbons (Fsp3) is 0.154. The van der Waals surface area contributed by atoms with Crippen molar-refractivity contribution in [1.29, 1.82) is 0 Å². The van der Waals surface area contributed by atoms with Gasteiger partial charge in [-0.25, -0.2) is 0 Å². The second-order valence-electron chi connectivity index (χ2n) is 7.32. The average Bonchev–Trinajstić information content (AvgIpc) is 3.05. The fourth-order valence-electron chi connectivity index (χ4n) is 3.71. The molecule has 4 rings (SSSR count). The van der Waals surface area contributed by atoms with Crippen LogP contribution in [0.1, 0.15) is 18.1 Å². The Hall–Kier alpha value is -3.77. The lowest BCUT2D eigenvalue weighted by molar-refractivity contribution is -0.137. The zero-order chi connectivity index (χ0) is 23.4. The van der Waals surface area contributed by atoms with E-state index in [-0.39, 0.29) is 17.8 Å². The van der Waals surface area contributed by atoms with E-state index < -0.39 is 11.8 Å². The molecule has 1 N–H and O–H groups in total. The van der Waals surface area contributed by atoms with Crippen molar-refractivity contribution < 1.29 is 19.1 Å². The third-order valence-electron chi connectivity index (χ3n) is 5.25. The Labute approximate surface area is 197 Å². The van der Waals surface area contributed by atoms with Gasteiger partial charge in [-0.3, -0.25) is 14.5 Å². The maximum atomic E-state index is 13.6. The van der Waals surface area contributed by atoms with E-state index in [0.29, 0.717) is 39.9 Å². The number of ether oxygens (including phenoxy) is 2. The Balaban J connectivity index is 1.78. The van der Waals surface area contributed by atoms with Crippen molar-refractivity contribution in [3.05, 3.63) is 94.6 Å². The topological polar surface area (TPSA) is 67.9 Å². The van der Waals surface area contributed by atoms with Crippen LogP contribution in [-0.2, 0) is 16.1 Å². The third-order valence-corrected chi connectivity index (χ3v) is 5.61. The molecular weight excluding hydrogens is 440 g/mol. The van der Waals surface area contributed by atoms with Gasteiger partial charge in [-0.05, 0) is 36.8 Å². The molecule has 1 heterocycles. The van der Waals surface area contributed by atoms with Crippen molar-refractivity contribution in [2.24, 2.45) is 0 Å². The summed E-state index contributed by atoms with van der Waals surface area (Å²) in [7, 11) is 1.53. The molecule has 168 valence electrons. The summed E-state index contributed by atoms with van der Waals surface area (Å²) in [6.45, 7) is 2.47. The van der Waals surface area contributed by atoms with Crippen molar-refractivity contribution in [2.75, 3.05) is 19.0 Å². The highest BCUT2D eigenvalue weighted by molar-refractivity contribution is 6.37. The summed E-state index contributed by atoms with van der Waals surface area (Å²) in [5, 5.41) is 3.64. The van der Waals surface area contributed by atoms with Crippen LogP contribution in [0.5, 0.6) is 11.5 Å². The molecule has 0 aliphatic carbocycles. The van der Waals surface area contributed by atoms with Gasteiger partial charge in [0.25, 0.3) is 11.8 Å². The number of benzene rings is 3. The molecular formula is C26H23ClN2O4. The van der Waals surface area contributed by atoms with Gasteiger partial charge in [0.15, 0.2) is 0 Å². The van der Waals surface area contributed by atoms with Crippen molar-refractivity contribution in [2.45, 2.75) is 13.5 Å². The Morgan fingerprint density at radius 1 is 0.939 bits per heavy atom. The largest absolute Gasteiger partial charge is 0.496 e. The van der Waals surface area contributed by atoms with Gasteiger partial charge in [0, 0.05) is 22.3 Å². The fourth-order valence-corrected chi connectivity index (χ4v) is 3.90. The van der Waals surface area contributed by atoms with Crippen LogP contribution in [0.3, 0.4) is 0 Å². The number of carbonyl (C=O) groups excluding carboxylic acids is 2. The minimum atomic E-state index is -0.442. The lowest BCUT2D eigenvalue weighted by Crippen LogP contribution is -2.32. The van der Waals surface area contributed by atoms with E-state index in [0.717, 1.165) is 0 Å². The van der Waals surface area contributed by atoms with Gasteiger partial charge in [-0.1, -0.05) is 54.1 Å². The van der Waals surface area contributed by atoms with Crippen molar-refractivity contribution in [3.63, 3.8) is 0 Å². The molecule has 0 radical (unpaired) electrons. The molecule has 6 nitrogen and oxygen atoms in total. The number of carbonyl (C=O) groups is 2. The highest BCUT2D eigenvalue weighted by atomic mass is 35.5. The van der Waals surface area contributed by atoms with Crippen molar-refractivity contribution in [3.8, 4) is 11.5 Å². The van der Waals surface area contributed by atoms with Gasteiger partial charge in [0.1, 0.15) is 17.2 Å². The molecule has 1 aliphatic rings. The molecule has 0 fully saturated rings. The van der Waals surface area contributed by atoms with Crippen LogP contribution in [0.25, 0.3) is 5.57 Å². The first kappa shape index (κ1) is 22.4. The number of amides is 2. The summed E-state index contributed by atoms with van der Waals surface area (Å²) in [5.74, 6) is 0.290. The van der Waals surface area contributed by atoms with E-state index in [4.69, 9.17) is 21.1 Å². The summed E-state index contributed by atoms with van der Waals surface area (Å²) in [5.41, 5.74) is 2.25. The molecule has 0 spiro atoms. The minimum Gasteiger partial charge on any atom is -0.496 e. The van der Waals surface area contributed by atoms with E-state index in [1.807, 2.05) is 37.3 Å². The monoisotopic (exact) mass is 462 g/mol. The molecule has 33 heavy (non-hydrogen) atoms. The highest BCUT2D eigenvalue weighted by Crippen LogP contribution is 2.36. The van der Waals surface area contributed by atoms with Crippen LogP contribution >= 0.6 is 11.6 Å². The number of halogens is 1. The maximum absolute atomic E-state index is 13.6. The number of nitrogens with zero attached hydrogens (tertiary/aromatic N) is 1. The summed E-state index contributed by atoms with van der Waals surface area (Å²) < 4.78 is 11.0. The van der Waals surface area contributed by atoms with E-state index in [9.17, 15) is 9.59 Å². The lowest BCUT2D eigenvalue weighted by Gasteiger charge is -2.16. The van der Waals surface area contributed by atoms with E-state index in [1.54, 1.807) is 42.5 Å². The number of rotatable bonds is 8. The lowest BCUT2D eigenvalue weighted by atomic mass is 10.0. The highest BCUT2D eigenvalue weighted by Gasteiger charge is 2.40. The molecule has 3 aromatic carbocycles. The number of para-hydroxylation sites is 1. The molecule has 0 saturated carbocycles. The number of methoxy groups -OCH3 is 1. The first-order valence-corrected chi connectivity index (χ1v) is 10.9. The molecule has 0 unspecified atom stereocenters. The Morgan fingerprint density at radius 3 is 2.45 bits per heavy atom. The number of nitrogens with one attached hydrogen (secondary N) is 1. The predicted octanol–water partition coefficient (Wildman–Crippen LogP) is 5.14. The first-order valence-electron chi connectivity index (χ1n) is 10.5. The van der Waals surface area contributed by atoms with Crippen LogP contribution in [0, 0.1) is 0 Å². The molecule has 3 aromatic rings. The van der Waals surface area contributed by atoms with Crippen LogP contribution in [-0.4, -0.2) is 30.4 Å². The molecule has 0 bridgehead atoms. The maximum Gasteiger partial charge on any atom is 0.278 e. The number of anilines is 1. The molecule has 0 saturated heterocycles. The minimum absolute atomic E-state index is 0.0557. The van der Waals surface area contributed by atoms with Gasteiger partial charge in [0.2, 0.25) is 0 Å². The smallest absolute Gasteiger partial charge is 0.278 e.